The third-order valence-corrected chi connectivity index (χ3v) is 5.34. The summed E-state index contributed by atoms with van der Waals surface area (Å²) in [4.78, 5) is 8.13. The highest BCUT2D eigenvalue weighted by Gasteiger charge is 2.19. The molecule has 1 aliphatic heterocycles. The van der Waals surface area contributed by atoms with Crippen LogP contribution in [0.4, 0.5) is 5.13 Å². The lowest BCUT2D eigenvalue weighted by molar-refractivity contribution is 0.673. The van der Waals surface area contributed by atoms with E-state index in [2.05, 4.69) is 16.8 Å². The topological polar surface area (TPSA) is 59.2 Å². The van der Waals surface area contributed by atoms with E-state index in [9.17, 15) is 4.21 Å². The van der Waals surface area contributed by atoms with E-state index in [1.54, 1.807) is 11.3 Å². The predicted molar refractivity (Wildman–Crippen MR) is 74.1 cm³/mol. The first kappa shape index (κ1) is 13.0. The number of aryl methyl sites for hydroxylation is 1. The fraction of sp³-hybridized carbons (Fsp3) is 0.727. The van der Waals surface area contributed by atoms with Gasteiger partial charge in [-0.2, -0.15) is 0 Å². The Morgan fingerprint density at radius 3 is 2.76 bits per heavy atom. The Hall–Kier alpha value is -0.460. The summed E-state index contributed by atoms with van der Waals surface area (Å²) in [5, 5.41) is 1.06. The highest BCUT2D eigenvalue weighted by Crippen LogP contribution is 2.27. The van der Waals surface area contributed by atoms with Crippen molar-refractivity contribution in [1.29, 1.82) is 0 Å². The second-order valence-electron chi connectivity index (χ2n) is 4.16. The molecule has 0 spiro atoms. The minimum Gasteiger partial charge on any atom is -0.346 e. The quantitative estimate of drug-likeness (QED) is 0.893. The fourth-order valence-corrected chi connectivity index (χ4v) is 4.01. The average Bonchev–Trinajstić information content (AvgIpc) is 2.74. The van der Waals surface area contributed by atoms with Crippen LogP contribution in [0.15, 0.2) is 0 Å². The lowest BCUT2D eigenvalue weighted by Gasteiger charge is -2.25. The molecular formula is C11H19N3OS2. The van der Waals surface area contributed by atoms with Crippen molar-refractivity contribution >= 4 is 27.3 Å². The van der Waals surface area contributed by atoms with Gasteiger partial charge in [0.1, 0.15) is 0 Å². The van der Waals surface area contributed by atoms with E-state index in [-0.39, 0.29) is 0 Å². The maximum absolute atomic E-state index is 11.3. The molecule has 1 fully saturated rings. The van der Waals surface area contributed by atoms with Crippen molar-refractivity contribution in [3.8, 4) is 0 Å². The van der Waals surface area contributed by atoms with Gasteiger partial charge in [0.15, 0.2) is 5.13 Å². The number of hydrogen-bond donors (Lipinski definition) is 1. The number of nitrogens with two attached hydrogens (primary N) is 1. The van der Waals surface area contributed by atoms with E-state index in [4.69, 9.17) is 5.73 Å². The van der Waals surface area contributed by atoms with Crippen molar-refractivity contribution in [1.82, 2.24) is 4.98 Å². The molecule has 2 N–H and O–H groups in total. The van der Waals surface area contributed by atoms with Gasteiger partial charge in [0, 0.05) is 46.8 Å². The summed E-state index contributed by atoms with van der Waals surface area (Å²) in [6.45, 7) is 4.45. The van der Waals surface area contributed by atoms with E-state index >= 15 is 0 Å². The molecule has 96 valence electrons. The fourth-order valence-electron chi connectivity index (χ4n) is 1.93. The van der Waals surface area contributed by atoms with Gasteiger partial charge in [-0.05, 0) is 6.42 Å². The molecule has 0 unspecified atom stereocenters. The molecule has 2 rings (SSSR count). The number of hydrogen-bond acceptors (Lipinski definition) is 5. The van der Waals surface area contributed by atoms with Crippen LogP contribution in [0, 0.1) is 0 Å². The van der Waals surface area contributed by atoms with E-state index in [0.717, 1.165) is 48.3 Å². The van der Waals surface area contributed by atoms with Crippen molar-refractivity contribution < 1.29 is 4.21 Å². The molecule has 17 heavy (non-hydrogen) atoms. The van der Waals surface area contributed by atoms with Gasteiger partial charge in [0.05, 0.1) is 5.69 Å². The Kier molecular flexibility index (Phi) is 4.53. The Bertz CT molecular complexity index is 395. The first-order valence-electron chi connectivity index (χ1n) is 6.03. The second-order valence-corrected chi connectivity index (χ2v) is 6.91. The third kappa shape index (κ3) is 3.05. The van der Waals surface area contributed by atoms with Crippen LogP contribution in [0.1, 0.15) is 23.9 Å². The number of rotatable bonds is 4. The van der Waals surface area contributed by atoms with E-state index in [1.807, 2.05) is 0 Å². The number of anilines is 1. The van der Waals surface area contributed by atoms with Crippen molar-refractivity contribution in [2.45, 2.75) is 26.3 Å². The van der Waals surface area contributed by atoms with Crippen molar-refractivity contribution in [3.05, 3.63) is 10.6 Å². The zero-order valence-corrected chi connectivity index (χ0v) is 11.8. The van der Waals surface area contributed by atoms with Gasteiger partial charge in [-0.3, -0.25) is 4.21 Å². The molecule has 1 saturated heterocycles. The summed E-state index contributed by atoms with van der Waals surface area (Å²) in [5.41, 5.74) is 6.90. The molecule has 0 saturated carbocycles. The zero-order valence-electron chi connectivity index (χ0n) is 10.1. The lowest BCUT2D eigenvalue weighted by atomic mass is 10.2. The Balaban J connectivity index is 2.12. The second kappa shape index (κ2) is 5.93. The SMILES string of the molecule is CCCc1nc(N2CCS(=O)CC2)sc1CN. The molecule has 1 aromatic rings. The Morgan fingerprint density at radius 2 is 2.18 bits per heavy atom. The van der Waals surface area contributed by atoms with Crippen molar-refractivity contribution in [2.75, 3.05) is 29.5 Å². The Morgan fingerprint density at radius 1 is 1.47 bits per heavy atom. The van der Waals surface area contributed by atoms with Crippen LogP contribution in [0.3, 0.4) is 0 Å². The molecule has 1 aromatic heterocycles. The highest BCUT2D eigenvalue weighted by molar-refractivity contribution is 7.85. The number of thiazole rings is 1. The minimum atomic E-state index is -0.628. The summed E-state index contributed by atoms with van der Waals surface area (Å²) < 4.78 is 11.3. The van der Waals surface area contributed by atoms with Gasteiger partial charge < -0.3 is 10.6 Å². The van der Waals surface area contributed by atoms with Gasteiger partial charge in [0.2, 0.25) is 0 Å². The molecule has 0 radical (unpaired) electrons. The lowest BCUT2D eigenvalue weighted by Crippen LogP contribution is -2.37. The molecule has 1 aliphatic rings. The summed E-state index contributed by atoms with van der Waals surface area (Å²) >= 11 is 1.70. The third-order valence-electron chi connectivity index (χ3n) is 2.89. The monoisotopic (exact) mass is 273 g/mol. The molecule has 0 bridgehead atoms. The Labute approximate surface area is 109 Å². The normalized spacial score (nSPS) is 17.6. The largest absolute Gasteiger partial charge is 0.346 e. The van der Waals surface area contributed by atoms with Gasteiger partial charge in [-0.15, -0.1) is 11.3 Å². The summed E-state index contributed by atoms with van der Waals surface area (Å²) in [7, 11) is -0.628. The maximum Gasteiger partial charge on any atom is 0.185 e. The molecule has 4 nitrogen and oxygen atoms in total. The smallest absolute Gasteiger partial charge is 0.185 e. The maximum atomic E-state index is 11.3. The van der Waals surface area contributed by atoms with Crippen LogP contribution in [0.5, 0.6) is 0 Å². The summed E-state index contributed by atoms with van der Waals surface area (Å²) in [5.74, 6) is 1.53. The predicted octanol–water partition coefficient (Wildman–Crippen LogP) is 1.12. The van der Waals surface area contributed by atoms with Crippen LogP contribution in [0.2, 0.25) is 0 Å². The number of aromatic nitrogens is 1. The molecule has 6 heteroatoms. The molecule has 2 heterocycles. The molecule has 0 aromatic carbocycles. The van der Waals surface area contributed by atoms with Crippen molar-refractivity contribution in [3.63, 3.8) is 0 Å². The van der Waals surface area contributed by atoms with Crippen molar-refractivity contribution in [2.24, 2.45) is 5.73 Å². The minimum absolute atomic E-state index is 0.576. The molecular weight excluding hydrogens is 254 g/mol. The average molecular weight is 273 g/mol. The molecule has 0 aliphatic carbocycles. The zero-order chi connectivity index (χ0) is 12.3. The summed E-state index contributed by atoms with van der Waals surface area (Å²) in [6.07, 6.45) is 2.10. The van der Waals surface area contributed by atoms with Gasteiger partial charge in [-0.25, -0.2) is 4.98 Å². The molecule has 0 atom stereocenters. The van der Waals surface area contributed by atoms with Gasteiger partial charge >= 0.3 is 0 Å². The first-order valence-corrected chi connectivity index (χ1v) is 8.33. The summed E-state index contributed by atoms with van der Waals surface area (Å²) in [6, 6.07) is 0. The highest BCUT2D eigenvalue weighted by atomic mass is 32.2. The van der Waals surface area contributed by atoms with E-state index in [0.29, 0.717) is 6.54 Å². The van der Waals surface area contributed by atoms with Crippen LogP contribution in [-0.2, 0) is 23.8 Å². The van der Waals surface area contributed by atoms with Gasteiger partial charge in [0.25, 0.3) is 0 Å². The van der Waals surface area contributed by atoms with E-state index < -0.39 is 10.8 Å². The van der Waals surface area contributed by atoms with Crippen LogP contribution in [-0.4, -0.2) is 33.8 Å². The van der Waals surface area contributed by atoms with Crippen LogP contribution < -0.4 is 10.6 Å². The molecule has 0 amide bonds. The van der Waals surface area contributed by atoms with Crippen LogP contribution >= 0.6 is 11.3 Å². The van der Waals surface area contributed by atoms with Crippen LogP contribution in [0.25, 0.3) is 0 Å². The van der Waals surface area contributed by atoms with E-state index in [1.165, 1.54) is 4.88 Å². The standard InChI is InChI=1S/C11H19N3OS2/c1-2-3-9-10(8-12)16-11(13-9)14-4-6-17(15)7-5-14/h2-8,12H2,1H3. The number of nitrogens with zero attached hydrogens (tertiary/aromatic N) is 2. The van der Waals surface area contributed by atoms with Gasteiger partial charge in [-0.1, -0.05) is 13.3 Å². The first-order chi connectivity index (χ1) is 8.24.